The lowest BCUT2D eigenvalue weighted by Gasteiger charge is -2.29. The van der Waals surface area contributed by atoms with Crippen molar-refractivity contribution in [1.29, 1.82) is 0 Å². The molecule has 1 aromatic rings. The van der Waals surface area contributed by atoms with Crippen LogP contribution in [0, 0.1) is 0 Å². The zero-order valence-electron chi connectivity index (χ0n) is 16.4. The van der Waals surface area contributed by atoms with Crippen molar-refractivity contribution in [3.05, 3.63) is 30.0 Å². The fourth-order valence-electron chi connectivity index (χ4n) is 2.60. The van der Waals surface area contributed by atoms with E-state index >= 15 is 0 Å². The van der Waals surface area contributed by atoms with E-state index in [-0.39, 0.29) is 16.2 Å². The number of cyclic esters (lactones) is 2. The fraction of sp³-hybridized carbons (Fsp3) is 0.444. The summed E-state index contributed by atoms with van der Waals surface area (Å²) in [5, 5.41) is 2.74. The number of methoxy groups -OCH3 is 1. The molecule has 0 amide bonds. The topological polar surface area (TPSA) is 111 Å². The third-order valence-electron chi connectivity index (χ3n) is 4.00. The van der Waals surface area contributed by atoms with Crippen molar-refractivity contribution < 1.29 is 32.2 Å². The Hall–Kier alpha value is -2.59. The molecule has 0 bridgehead atoms. The molecule has 1 aliphatic rings. The third kappa shape index (κ3) is 4.45. The Kier molecular flexibility index (Phi) is 6.35. The largest absolute Gasteiger partial charge is 0.495 e. The summed E-state index contributed by atoms with van der Waals surface area (Å²) < 4.78 is 42.0. The molecule has 0 unspecified atom stereocenters. The van der Waals surface area contributed by atoms with Gasteiger partial charge in [-0.3, -0.25) is 0 Å². The minimum absolute atomic E-state index is 0.0489. The van der Waals surface area contributed by atoms with Crippen molar-refractivity contribution in [1.82, 2.24) is 4.31 Å². The predicted octanol–water partition coefficient (Wildman–Crippen LogP) is 1.86. The van der Waals surface area contributed by atoms with Gasteiger partial charge in [0.15, 0.2) is 5.57 Å². The Morgan fingerprint density at radius 2 is 1.71 bits per heavy atom. The molecule has 1 saturated heterocycles. The Morgan fingerprint density at radius 3 is 2.21 bits per heavy atom. The summed E-state index contributed by atoms with van der Waals surface area (Å²) in [5.41, 5.74) is -0.0907. The maximum atomic E-state index is 12.7. The zero-order valence-corrected chi connectivity index (χ0v) is 17.3. The molecule has 0 radical (unpaired) electrons. The number of anilines is 1. The number of hydrogen-bond donors (Lipinski definition) is 1. The number of carbonyl (C=O) groups is 2. The first-order valence-electron chi connectivity index (χ1n) is 8.67. The highest BCUT2D eigenvalue weighted by atomic mass is 32.2. The molecule has 0 atom stereocenters. The lowest BCUT2D eigenvalue weighted by atomic mass is 10.2. The van der Waals surface area contributed by atoms with Crippen LogP contribution >= 0.6 is 0 Å². The van der Waals surface area contributed by atoms with Crippen molar-refractivity contribution in [2.24, 2.45) is 0 Å². The summed E-state index contributed by atoms with van der Waals surface area (Å²) in [5.74, 6) is -2.71. The highest BCUT2D eigenvalue weighted by Gasteiger charge is 2.39. The van der Waals surface area contributed by atoms with Gasteiger partial charge >= 0.3 is 11.9 Å². The van der Waals surface area contributed by atoms with Crippen molar-refractivity contribution in [3.8, 4) is 5.75 Å². The van der Waals surface area contributed by atoms with E-state index in [1.54, 1.807) is 13.8 Å². The molecule has 0 aliphatic carbocycles. The van der Waals surface area contributed by atoms with Crippen LogP contribution in [-0.2, 0) is 29.1 Å². The van der Waals surface area contributed by atoms with E-state index in [9.17, 15) is 18.0 Å². The normalized spacial score (nSPS) is 16.4. The first-order valence-corrected chi connectivity index (χ1v) is 10.1. The van der Waals surface area contributed by atoms with Crippen LogP contribution < -0.4 is 10.1 Å². The second kappa shape index (κ2) is 8.19. The van der Waals surface area contributed by atoms with Gasteiger partial charge in [-0.05, 0) is 18.2 Å². The fourth-order valence-corrected chi connectivity index (χ4v) is 4.09. The highest BCUT2D eigenvalue weighted by Crippen LogP contribution is 2.30. The number of nitrogens with one attached hydrogen (secondary N) is 1. The van der Waals surface area contributed by atoms with Crippen molar-refractivity contribution in [2.75, 3.05) is 25.5 Å². The van der Waals surface area contributed by atoms with Crippen LogP contribution in [0.1, 0.15) is 27.7 Å². The van der Waals surface area contributed by atoms with Gasteiger partial charge < -0.3 is 19.5 Å². The molecule has 9 nitrogen and oxygen atoms in total. The summed E-state index contributed by atoms with van der Waals surface area (Å²) in [6.45, 7) is 7.03. The zero-order chi connectivity index (χ0) is 21.1. The smallest absolute Gasteiger partial charge is 0.350 e. The van der Waals surface area contributed by atoms with Crippen molar-refractivity contribution >= 4 is 27.6 Å². The van der Waals surface area contributed by atoms with Crippen LogP contribution in [0.3, 0.4) is 0 Å². The van der Waals surface area contributed by atoms with Crippen molar-refractivity contribution in [3.63, 3.8) is 0 Å². The summed E-state index contributed by atoms with van der Waals surface area (Å²) in [6.07, 6.45) is 1.10. The molecule has 1 heterocycles. The number of nitrogens with zero attached hydrogens (tertiary/aromatic N) is 1. The van der Waals surface area contributed by atoms with Crippen LogP contribution in [0.5, 0.6) is 5.75 Å². The van der Waals surface area contributed by atoms with E-state index in [1.165, 1.54) is 43.5 Å². The number of benzene rings is 1. The Morgan fingerprint density at radius 1 is 1.14 bits per heavy atom. The maximum Gasteiger partial charge on any atom is 0.350 e. The molecule has 1 fully saturated rings. The van der Waals surface area contributed by atoms with Gasteiger partial charge in [-0.15, -0.1) is 0 Å². The predicted molar refractivity (Wildman–Crippen MR) is 101 cm³/mol. The number of rotatable bonds is 7. The SMILES string of the molecule is CCN(CC)S(=O)(=O)c1ccc(OC)c(NC=C2C(=O)OC(C)(C)OC2=O)c1. The van der Waals surface area contributed by atoms with Crippen LogP contribution in [0.25, 0.3) is 0 Å². The molecule has 0 saturated carbocycles. The molecule has 0 spiro atoms. The molecule has 1 aromatic carbocycles. The first-order chi connectivity index (χ1) is 13.1. The van der Waals surface area contributed by atoms with E-state index in [4.69, 9.17) is 14.2 Å². The average molecular weight is 412 g/mol. The van der Waals surface area contributed by atoms with Crippen LogP contribution in [0.15, 0.2) is 34.9 Å². The van der Waals surface area contributed by atoms with Crippen molar-refractivity contribution in [2.45, 2.75) is 38.4 Å². The average Bonchev–Trinajstić information content (AvgIpc) is 2.60. The Labute approximate surface area is 164 Å². The van der Waals surface area contributed by atoms with Gasteiger partial charge in [0.2, 0.25) is 10.0 Å². The van der Waals surface area contributed by atoms with E-state index in [1.807, 2.05) is 0 Å². The van der Waals surface area contributed by atoms with Gasteiger partial charge in [-0.25, -0.2) is 18.0 Å². The number of carbonyl (C=O) groups excluding carboxylic acids is 2. The molecular formula is C18H24N2O7S. The van der Waals surface area contributed by atoms with Gasteiger partial charge in [-0.2, -0.15) is 4.31 Å². The van der Waals surface area contributed by atoms with Gasteiger partial charge in [0.1, 0.15) is 5.75 Å². The summed E-state index contributed by atoms with van der Waals surface area (Å²) in [6, 6.07) is 4.28. The minimum Gasteiger partial charge on any atom is -0.495 e. The van der Waals surface area contributed by atoms with Gasteiger partial charge in [0.05, 0.1) is 17.7 Å². The van der Waals surface area contributed by atoms with Gasteiger partial charge in [0, 0.05) is 33.1 Å². The molecule has 2 rings (SSSR count). The summed E-state index contributed by atoms with van der Waals surface area (Å²) in [4.78, 5) is 24.1. The molecule has 154 valence electrons. The Bertz CT molecular complexity index is 881. The molecule has 1 N–H and O–H groups in total. The standard InChI is InChI=1S/C18H24N2O7S/c1-6-20(7-2)28(23,24)12-8-9-15(25-5)14(10-12)19-11-13-16(21)26-18(3,4)27-17(13)22/h8-11,19H,6-7H2,1-5H3. The first kappa shape index (κ1) is 21.7. The van der Waals surface area contributed by atoms with E-state index in [0.717, 1.165) is 6.20 Å². The van der Waals surface area contributed by atoms with Gasteiger partial charge in [-0.1, -0.05) is 13.8 Å². The summed E-state index contributed by atoms with van der Waals surface area (Å²) in [7, 11) is -2.28. The lowest BCUT2D eigenvalue weighted by Crippen LogP contribution is -2.42. The maximum absolute atomic E-state index is 12.7. The number of sulfonamides is 1. The minimum atomic E-state index is -3.69. The van der Waals surface area contributed by atoms with Crippen LogP contribution in [0.4, 0.5) is 5.69 Å². The van der Waals surface area contributed by atoms with Gasteiger partial charge in [0.25, 0.3) is 5.79 Å². The lowest BCUT2D eigenvalue weighted by molar-refractivity contribution is -0.222. The van der Waals surface area contributed by atoms with Crippen LogP contribution in [0.2, 0.25) is 0 Å². The molecule has 28 heavy (non-hydrogen) atoms. The number of esters is 2. The second-order valence-electron chi connectivity index (χ2n) is 6.33. The number of hydrogen-bond acceptors (Lipinski definition) is 8. The molecular weight excluding hydrogens is 388 g/mol. The molecule has 10 heteroatoms. The third-order valence-corrected chi connectivity index (χ3v) is 6.05. The van der Waals surface area contributed by atoms with E-state index in [2.05, 4.69) is 5.32 Å². The number of ether oxygens (including phenoxy) is 3. The Balaban J connectivity index is 2.38. The summed E-state index contributed by atoms with van der Waals surface area (Å²) >= 11 is 0. The monoisotopic (exact) mass is 412 g/mol. The van der Waals surface area contributed by atoms with Crippen LogP contribution in [-0.4, -0.2) is 50.6 Å². The quantitative estimate of drug-likeness (QED) is 0.410. The van der Waals surface area contributed by atoms with E-state index in [0.29, 0.717) is 18.8 Å². The molecule has 1 aliphatic heterocycles. The highest BCUT2D eigenvalue weighted by molar-refractivity contribution is 7.89. The van der Waals surface area contributed by atoms with E-state index < -0.39 is 27.7 Å². The molecule has 0 aromatic heterocycles. The second-order valence-corrected chi connectivity index (χ2v) is 8.27.